The second-order valence-corrected chi connectivity index (χ2v) is 4.95. The van der Waals surface area contributed by atoms with Gasteiger partial charge in [0.25, 0.3) is 0 Å². The largest absolute Gasteiger partial charge is 0.385 e. The third kappa shape index (κ3) is 4.22. The van der Waals surface area contributed by atoms with E-state index in [0.717, 1.165) is 19.6 Å². The van der Waals surface area contributed by atoms with Crippen molar-refractivity contribution < 1.29 is 4.74 Å². The summed E-state index contributed by atoms with van der Waals surface area (Å²) in [5, 5.41) is 3.48. The molecule has 0 radical (unpaired) electrons. The molecule has 0 aromatic carbocycles. The van der Waals surface area contributed by atoms with Gasteiger partial charge in [0.2, 0.25) is 0 Å². The molecule has 3 heteroatoms. The Bertz CT molecular complexity index is 260. The highest BCUT2D eigenvalue weighted by molar-refractivity contribution is 7.11. The van der Waals surface area contributed by atoms with E-state index in [9.17, 15) is 0 Å². The number of aryl methyl sites for hydroxylation is 1. The number of nitrogens with one attached hydrogen (secondary N) is 1. The van der Waals surface area contributed by atoms with Gasteiger partial charge in [0, 0.05) is 36.1 Å². The van der Waals surface area contributed by atoms with Gasteiger partial charge in [-0.05, 0) is 32.4 Å². The van der Waals surface area contributed by atoms with E-state index in [1.54, 1.807) is 7.11 Å². The van der Waals surface area contributed by atoms with Crippen molar-refractivity contribution in [2.75, 3.05) is 13.7 Å². The zero-order valence-corrected chi connectivity index (χ0v) is 9.99. The molecule has 0 bridgehead atoms. The average Bonchev–Trinajstić information content (AvgIpc) is 2.58. The molecule has 0 spiro atoms. The molecule has 0 amide bonds. The molecule has 0 saturated carbocycles. The molecule has 0 aliphatic rings. The van der Waals surface area contributed by atoms with E-state index in [2.05, 4.69) is 31.3 Å². The van der Waals surface area contributed by atoms with Crippen LogP contribution in [0.4, 0.5) is 0 Å². The molecule has 0 fully saturated rings. The Balaban J connectivity index is 2.20. The van der Waals surface area contributed by atoms with Crippen molar-refractivity contribution in [3.63, 3.8) is 0 Å². The van der Waals surface area contributed by atoms with Crippen LogP contribution in [0.1, 0.15) is 23.1 Å². The minimum atomic E-state index is 0.525. The first kappa shape index (κ1) is 11.7. The predicted octanol–water partition coefficient (Wildman–Crippen LogP) is 2.57. The molecule has 1 aromatic rings. The molecule has 0 saturated heterocycles. The Morgan fingerprint density at radius 1 is 1.50 bits per heavy atom. The van der Waals surface area contributed by atoms with Crippen molar-refractivity contribution in [2.45, 2.75) is 32.9 Å². The summed E-state index contributed by atoms with van der Waals surface area (Å²) in [6, 6.07) is 4.88. The highest BCUT2D eigenvalue weighted by atomic mass is 32.1. The van der Waals surface area contributed by atoms with Crippen LogP contribution in [-0.2, 0) is 11.3 Å². The van der Waals surface area contributed by atoms with Crippen LogP contribution < -0.4 is 5.32 Å². The molecule has 1 heterocycles. The molecule has 14 heavy (non-hydrogen) atoms. The van der Waals surface area contributed by atoms with E-state index in [1.807, 2.05) is 11.3 Å². The van der Waals surface area contributed by atoms with Gasteiger partial charge < -0.3 is 10.1 Å². The topological polar surface area (TPSA) is 21.3 Å². The highest BCUT2D eigenvalue weighted by Crippen LogP contribution is 2.14. The number of hydrogen-bond donors (Lipinski definition) is 1. The van der Waals surface area contributed by atoms with Gasteiger partial charge in [-0.25, -0.2) is 0 Å². The zero-order chi connectivity index (χ0) is 10.4. The lowest BCUT2D eigenvalue weighted by atomic mass is 10.2. The summed E-state index contributed by atoms with van der Waals surface area (Å²) in [6.07, 6.45) is 1.07. The van der Waals surface area contributed by atoms with Crippen LogP contribution in [0.3, 0.4) is 0 Å². The van der Waals surface area contributed by atoms with Gasteiger partial charge in [-0.2, -0.15) is 0 Å². The molecule has 1 N–H and O–H groups in total. The monoisotopic (exact) mass is 213 g/mol. The fraction of sp³-hybridized carbons (Fsp3) is 0.636. The summed E-state index contributed by atoms with van der Waals surface area (Å²) in [4.78, 5) is 2.79. The summed E-state index contributed by atoms with van der Waals surface area (Å²) in [7, 11) is 1.75. The van der Waals surface area contributed by atoms with Crippen LogP contribution in [0.15, 0.2) is 12.1 Å². The molecule has 1 atom stereocenters. The molecule has 2 nitrogen and oxygen atoms in total. The van der Waals surface area contributed by atoms with Crippen LogP contribution in [0.25, 0.3) is 0 Å². The maximum Gasteiger partial charge on any atom is 0.0476 e. The second-order valence-electron chi connectivity index (χ2n) is 3.58. The third-order valence-electron chi connectivity index (χ3n) is 2.18. The Kier molecular flexibility index (Phi) is 5.15. The third-order valence-corrected chi connectivity index (χ3v) is 3.18. The van der Waals surface area contributed by atoms with Gasteiger partial charge in [0.05, 0.1) is 0 Å². The van der Waals surface area contributed by atoms with E-state index < -0.39 is 0 Å². The SMILES string of the molecule is COCCC(C)NCc1ccc(C)s1. The lowest BCUT2D eigenvalue weighted by Crippen LogP contribution is -2.26. The predicted molar refractivity (Wildman–Crippen MR) is 61.9 cm³/mol. The van der Waals surface area contributed by atoms with Gasteiger partial charge in [-0.15, -0.1) is 11.3 Å². The smallest absolute Gasteiger partial charge is 0.0476 e. The fourth-order valence-corrected chi connectivity index (χ4v) is 2.09. The average molecular weight is 213 g/mol. The number of hydrogen-bond acceptors (Lipinski definition) is 3. The van der Waals surface area contributed by atoms with Crippen molar-refractivity contribution in [2.24, 2.45) is 0 Å². The van der Waals surface area contributed by atoms with E-state index in [-0.39, 0.29) is 0 Å². The molecule has 1 unspecified atom stereocenters. The Hall–Kier alpha value is -0.380. The molecule has 1 rings (SSSR count). The number of rotatable bonds is 6. The van der Waals surface area contributed by atoms with Crippen molar-refractivity contribution >= 4 is 11.3 Å². The fourth-order valence-electron chi connectivity index (χ4n) is 1.25. The van der Waals surface area contributed by atoms with Gasteiger partial charge in [-0.1, -0.05) is 0 Å². The Morgan fingerprint density at radius 2 is 2.29 bits per heavy atom. The molecule has 1 aromatic heterocycles. The molecule has 0 aliphatic carbocycles. The molecule has 80 valence electrons. The first-order valence-electron chi connectivity index (χ1n) is 5.00. The lowest BCUT2D eigenvalue weighted by Gasteiger charge is -2.11. The number of ether oxygens (including phenoxy) is 1. The van der Waals surface area contributed by atoms with Crippen LogP contribution in [0.2, 0.25) is 0 Å². The Labute approximate surface area is 90.3 Å². The summed E-state index contributed by atoms with van der Waals surface area (Å²) in [5.41, 5.74) is 0. The first-order chi connectivity index (χ1) is 6.72. The second kappa shape index (κ2) is 6.17. The van der Waals surface area contributed by atoms with Gasteiger partial charge >= 0.3 is 0 Å². The van der Waals surface area contributed by atoms with E-state index in [0.29, 0.717) is 6.04 Å². The minimum Gasteiger partial charge on any atom is -0.385 e. The zero-order valence-electron chi connectivity index (χ0n) is 9.17. The maximum absolute atomic E-state index is 5.03. The summed E-state index contributed by atoms with van der Waals surface area (Å²) in [6.45, 7) is 6.14. The van der Waals surface area contributed by atoms with E-state index in [4.69, 9.17) is 4.74 Å². The van der Waals surface area contributed by atoms with Gasteiger partial charge in [0.15, 0.2) is 0 Å². The summed E-state index contributed by atoms with van der Waals surface area (Å²) in [5.74, 6) is 0. The Morgan fingerprint density at radius 3 is 2.86 bits per heavy atom. The number of methoxy groups -OCH3 is 1. The van der Waals surface area contributed by atoms with Crippen molar-refractivity contribution in [3.05, 3.63) is 21.9 Å². The summed E-state index contributed by atoms with van der Waals surface area (Å²) < 4.78 is 5.03. The standard InChI is InChI=1S/C11H19NOS/c1-9(6-7-13-3)12-8-11-5-4-10(2)14-11/h4-5,9,12H,6-8H2,1-3H3. The molecular weight excluding hydrogens is 194 g/mol. The number of thiophene rings is 1. The van der Waals surface area contributed by atoms with E-state index in [1.165, 1.54) is 9.75 Å². The van der Waals surface area contributed by atoms with Gasteiger partial charge in [-0.3, -0.25) is 0 Å². The van der Waals surface area contributed by atoms with E-state index >= 15 is 0 Å². The normalized spacial score (nSPS) is 13.1. The van der Waals surface area contributed by atoms with Crippen molar-refractivity contribution in [1.29, 1.82) is 0 Å². The van der Waals surface area contributed by atoms with Crippen LogP contribution >= 0.6 is 11.3 Å². The quantitative estimate of drug-likeness (QED) is 0.784. The van der Waals surface area contributed by atoms with Crippen LogP contribution in [0.5, 0.6) is 0 Å². The molecule has 0 aliphatic heterocycles. The summed E-state index contributed by atoms with van der Waals surface area (Å²) >= 11 is 1.86. The maximum atomic E-state index is 5.03. The molecular formula is C11H19NOS. The lowest BCUT2D eigenvalue weighted by molar-refractivity contribution is 0.185. The van der Waals surface area contributed by atoms with Crippen LogP contribution in [-0.4, -0.2) is 19.8 Å². The van der Waals surface area contributed by atoms with Crippen molar-refractivity contribution in [3.8, 4) is 0 Å². The first-order valence-corrected chi connectivity index (χ1v) is 5.81. The van der Waals surface area contributed by atoms with Gasteiger partial charge in [0.1, 0.15) is 0 Å². The van der Waals surface area contributed by atoms with Crippen LogP contribution in [0, 0.1) is 6.92 Å². The minimum absolute atomic E-state index is 0.525. The van der Waals surface area contributed by atoms with Crippen molar-refractivity contribution in [1.82, 2.24) is 5.32 Å². The highest BCUT2D eigenvalue weighted by Gasteiger charge is 2.01.